The Bertz CT molecular complexity index is 915. The van der Waals surface area contributed by atoms with Gasteiger partial charge in [-0.3, -0.25) is 14.7 Å². The van der Waals surface area contributed by atoms with Crippen LogP contribution in [0, 0.1) is 0 Å². The number of nitrogens with zero attached hydrogens (tertiary/aromatic N) is 3. The topological polar surface area (TPSA) is 80.0 Å². The minimum absolute atomic E-state index is 0.0677. The number of fused-ring (bicyclic) bond motifs is 1. The van der Waals surface area contributed by atoms with Gasteiger partial charge in [-0.05, 0) is 38.3 Å². The third-order valence-corrected chi connectivity index (χ3v) is 4.64. The van der Waals surface area contributed by atoms with Crippen LogP contribution in [-0.4, -0.2) is 37.3 Å². The molecule has 2 aromatic rings. The lowest BCUT2D eigenvalue weighted by Crippen LogP contribution is -2.36. The molecule has 0 saturated heterocycles. The molecule has 1 unspecified atom stereocenters. The van der Waals surface area contributed by atoms with Crippen LogP contribution in [0.15, 0.2) is 12.1 Å². The van der Waals surface area contributed by atoms with Crippen molar-refractivity contribution in [1.29, 1.82) is 0 Å². The van der Waals surface area contributed by atoms with Gasteiger partial charge in [-0.15, -0.1) is 0 Å². The second-order valence-corrected chi connectivity index (χ2v) is 7.44. The number of anilines is 1. The van der Waals surface area contributed by atoms with Crippen LogP contribution in [-0.2, 0) is 11.0 Å². The quantitative estimate of drug-likeness (QED) is 0.705. The molecule has 1 saturated carbocycles. The zero-order valence-electron chi connectivity index (χ0n) is 15.2. The summed E-state index contributed by atoms with van der Waals surface area (Å²) in [5.41, 5.74) is -3.40. The van der Waals surface area contributed by atoms with Crippen molar-refractivity contribution in [2.45, 2.75) is 63.0 Å². The summed E-state index contributed by atoms with van der Waals surface area (Å²) < 4.78 is 77.9. The second-order valence-electron chi connectivity index (χ2n) is 7.44. The second kappa shape index (κ2) is 7.15. The van der Waals surface area contributed by atoms with Crippen molar-refractivity contribution < 1.29 is 36.2 Å². The number of aromatic nitrogens is 3. The lowest BCUT2D eigenvalue weighted by Gasteiger charge is -2.29. The number of pyridine rings is 1. The summed E-state index contributed by atoms with van der Waals surface area (Å²) >= 11 is 0. The monoisotopic (exact) mass is 424 g/mol. The lowest BCUT2D eigenvalue weighted by molar-refractivity contribution is -0.174. The van der Waals surface area contributed by atoms with E-state index in [1.54, 1.807) is 0 Å². The van der Waals surface area contributed by atoms with Gasteiger partial charge < -0.3 is 5.11 Å². The average Bonchev–Trinajstić information content (AvgIpc) is 2.78. The zero-order valence-corrected chi connectivity index (χ0v) is 15.2. The fourth-order valence-corrected chi connectivity index (χ4v) is 3.22. The number of alkyl halides is 6. The molecule has 1 aliphatic rings. The van der Waals surface area contributed by atoms with Crippen LogP contribution in [0.1, 0.15) is 50.8 Å². The highest BCUT2D eigenvalue weighted by atomic mass is 19.4. The number of carbonyl (C=O) groups is 1. The molecule has 1 amide bonds. The molecule has 29 heavy (non-hydrogen) atoms. The van der Waals surface area contributed by atoms with Crippen molar-refractivity contribution in [2.75, 3.05) is 5.32 Å². The van der Waals surface area contributed by atoms with Gasteiger partial charge in [0.2, 0.25) is 11.9 Å². The van der Waals surface area contributed by atoms with Crippen LogP contribution < -0.4 is 5.32 Å². The molecule has 2 N–H and O–H groups in total. The Morgan fingerprint density at radius 1 is 1.21 bits per heavy atom. The first-order valence-electron chi connectivity index (χ1n) is 8.80. The normalized spacial score (nSPS) is 17.8. The minimum atomic E-state index is -4.67. The first-order chi connectivity index (χ1) is 13.3. The molecule has 0 aliphatic heterocycles. The van der Waals surface area contributed by atoms with Gasteiger partial charge in [-0.25, -0.2) is 9.97 Å². The molecular formula is C17H18F6N4O2. The summed E-state index contributed by atoms with van der Waals surface area (Å²) in [6.45, 7) is 0.881. The van der Waals surface area contributed by atoms with Gasteiger partial charge in [-0.2, -0.15) is 26.3 Å². The fraction of sp³-hybridized carbons (Fsp3) is 0.588. The van der Waals surface area contributed by atoms with E-state index in [0.29, 0.717) is 12.8 Å². The van der Waals surface area contributed by atoms with Crippen molar-refractivity contribution in [1.82, 2.24) is 14.5 Å². The highest BCUT2D eigenvalue weighted by Crippen LogP contribution is 2.38. The van der Waals surface area contributed by atoms with Gasteiger partial charge in [0, 0.05) is 6.04 Å². The van der Waals surface area contributed by atoms with Crippen molar-refractivity contribution in [3.63, 3.8) is 0 Å². The van der Waals surface area contributed by atoms with Gasteiger partial charge in [0.1, 0.15) is 11.2 Å². The molecule has 160 valence electrons. The molecule has 0 aromatic carbocycles. The summed E-state index contributed by atoms with van der Waals surface area (Å²) in [5, 5.41) is 12.2. The van der Waals surface area contributed by atoms with E-state index < -0.39 is 42.4 Å². The number of amides is 1. The predicted molar refractivity (Wildman–Crippen MR) is 90.0 cm³/mol. The average molecular weight is 424 g/mol. The van der Waals surface area contributed by atoms with Gasteiger partial charge in [0.15, 0.2) is 5.65 Å². The summed E-state index contributed by atoms with van der Waals surface area (Å²) in [4.78, 5) is 19.9. The van der Waals surface area contributed by atoms with Crippen LogP contribution >= 0.6 is 0 Å². The predicted octanol–water partition coefficient (Wildman–Crippen LogP) is 4.21. The van der Waals surface area contributed by atoms with Crippen molar-refractivity contribution in [3.8, 4) is 0 Å². The highest BCUT2D eigenvalue weighted by Gasteiger charge is 2.40. The van der Waals surface area contributed by atoms with Gasteiger partial charge in [-0.1, -0.05) is 0 Å². The molecule has 6 nitrogen and oxygen atoms in total. The van der Waals surface area contributed by atoms with E-state index in [4.69, 9.17) is 0 Å². The van der Waals surface area contributed by atoms with Gasteiger partial charge >= 0.3 is 12.4 Å². The minimum Gasteiger partial charge on any atom is -0.389 e. The Balaban J connectivity index is 1.89. The Morgan fingerprint density at radius 2 is 1.86 bits per heavy atom. The summed E-state index contributed by atoms with van der Waals surface area (Å²) in [6.07, 6.45) is -9.67. The van der Waals surface area contributed by atoms with E-state index in [9.17, 15) is 36.2 Å². The van der Waals surface area contributed by atoms with E-state index in [0.717, 1.165) is 25.5 Å². The van der Waals surface area contributed by atoms with Crippen LogP contribution in [0.5, 0.6) is 0 Å². The van der Waals surface area contributed by atoms with E-state index in [-0.39, 0.29) is 23.2 Å². The molecule has 12 heteroatoms. The maximum atomic E-state index is 13.0. The van der Waals surface area contributed by atoms with E-state index in [1.165, 1.54) is 4.57 Å². The number of halogens is 6. The first kappa shape index (κ1) is 21.3. The smallest absolute Gasteiger partial charge is 0.389 e. The summed E-state index contributed by atoms with van der Waals surface area (Å²) in [7, 11) is 0. The van der Waals surface area contributed by atoms with Crippen molar-refractivity contribution in [3.05, 3.63) is 17.8 Å². The lowest BCUT2D eigenvalue weighted by atomic mass is 9.93. The SMILES string of the molecule is CC(O)(CC(=O)Nc1nc2ccc(C(F)(F)F)nc2n1C1CCC1)CC(F)(F)F. The van der Waals surface area contributed by atoms with E-state index >= 15 is 0 Å². The maximum Gasteiger partial charge on any atom is 0.433 e. The number of aliphatic hydroxyl groups is 1. The molecule has 0 spiro atoms. The Labute approximate surface area is 160 Å². The molecule has 2 aromatic heterocycles. The standard InChI is InChI=1S/C17H18F6N4O2/c1-15(29,8-16(18,19)20)7-12(28)26-14-24-10-5-6-11(17(21,22)23)25-13(10)27(14)9-3-2-4-9/h5-6,9,29H,2-4,7-8H2,1H3,(H,24,26,28). The summed E-state index contributed by atoms with van der Waals surface area (Å²) in [5.74, 6) is -1.05. The summed E-state index contributed by atoms with van der Waals surface area (Å²) in [6, 6.07) is 1.65. The first-order valence-corrected chi connectivity index (χ1v) is 8.80. The molecule has 3 rings (SSSR count). The molecule has 0 bridgehead atoms. The van der Waals surface area contributed by atoms with Crippen LogP contribution in [0.4, 0.5) is 32.3 Å². The van der Waals surface area contributed by atoms with Crippen LogP contribution in [0.2, 0.25) is 0 Å². The number of nitrogens with one attached hydrogen (secondary N) is 1. The molecule has 1 aliphatic carbocycles. The Hall–Kier alpha value is -2.37. The molecule has 2 heterocycles. The zero-order chi connectivity index (χ0) is 21.6. The Kier molecular flexibility index (Phi) is 5.26. The number of imidazole rings is 1. The largest absolute Gasteiger partial charge is 0.433 e. The fourth-order valence-electron chi connectivity index (χ4n) is 3.22. The molecule has 0 radical (unpaired) electrons. The molecule has 1 atom stereocenters. The third kappa shape index (κ3) is 4.98. The van der Waals surface area contributed by atoms with Crippen molar-refractivity contribution in [2.24, 2.45) is 0 Å². The number of carbonyl (C=O) groups excluding carboxylic acids is 1. The number of rotatable bonds is 5. The van der Waals surface area contributed by atoms with E-state index in [1.807, 2.05) is 0 Å². The van der Waals surface area contributed by atoms with Crippen LogP contribution in [0.3, 0.4) is 0 Å². The third-order valence-electron chi connectivity index (χ3n) is 4.64. The van der Waals surface area contributed by atoms with Crippen molar-refractivity contribution >= 4 is 23.0 Å². The van der Waals surface area contributed by atoms with Gasteiger partial charge in [0.25, 0.3) is 0 Å². The number of hydrogen-bond donors (Lipinski definition) is 2. The number of hydrogen-bond acceptors (Lipinski definition) is 4. The van der Waals surface area contributed by atoms with E-state index in [2.05, 4.69) is 15.3 Å². The molecule has 1 fully saturated rings. The van der Waals surface area contributed by atoms with Gasteiger partial charge in [0.05, 0.1) is 18.4 Å². The Morgan fingerprint density at radius 3 is 2.38 bits per heavy atom. The molecular weight excluding hydrogens is 406 g/mol. The maximum absolute atomic E-state index is 13.0. The highest BCUT2D eigenvalue weighted by molar-refractivity contribution is 5.91. The van der Waals surface area contributed by atoms with Crippen LogP contribution in [0.25, 0.3) is 11.2 Å².